The molecule has 100 valence electrons. The van der Waals surface area contributed by atoms with Gasteiger partial charge in [-0.1, -0.05) is 0 Å². The predicted molar refractivity (Wildman–Crippen MR) is 61.6 cm³/mol. The van der Waals surface area contributed by atoms with Gasteiger partial charge in [0.15, 0.2) is 0 Å². The molecule has 0 spiro atoms. The van der Waals surface area contributed by atoms with Gasteiger partial charge < -0.3 is 10.2 Å². The molecule has 0 fully saturated rings. The van der Waals surface area contributed by atoms with Gasteiger partial charge in [0.1, 0.15) is 12.4 Å². The highest BCUT2D eigenvalue weighted by Crippen LogP contribution is 2.13. The van der Waals surface area contributed by atoms with Crippen LogP contribution in [0, 0.1) is 0 Å². The summed E-state index contributed by atoms with van der Waals surface area (Å²) in [6.07, 6.45) is -2.93. The van der Waals surface area contributed by atoms with E-state index in [-0.39, 0.29) is 5.82 Å². The number of rotatable bonds is 3. The molecule has 1 aromatic rings. The maximum atomic E-state index is 11.8. The van der Waals surface area contributed by atoms with Crippen LogP contribution in [0.25, 0.3) is 0 Å². The molecule has 0 saturated heterocycles. The quantitative estimate of drug-likeness (QED) is 0.873. The van der Waals surface area contributed by atoms with Crippen molar-refractivity contribution in [3.63, 3.8) is 0 Å². The van der Waals surface area contributed by atoms with E-state index in [0.717, 1.165) is 5.69 Å². The van der Waals surface area contributed by atoms with Crippen LogP contribution in [0.3, 0.4) is 0 Å². The number of alkyl halides is 3. The number of carbonyl (C=O) groups excluding carboxylic acids is 1. The molecule has 0 unspecified atom stereocenters. The Kier molecular flexibility index (Phi) is 4.35. The van der Waals surface area contributed by atoms with Crippen molar-refractivity contribution in [2.45, 2.75) is 6.18 Å². The number of pyridine rings is 1. The second-order valence-electron chi connectivity index (χ2n) is 3.72. The van der Waals surface area contributed by atoms with Crippen molar-refractivity contribution >= 4 is 17.5 Å². The molecule has 0 aliphatic carbocycles. The Morgan fingerprint density at radius 2 is 2.06 bits per heavy atom. The predicted octanol–water partition coefficient (Wildman–Crippen LogP) is 1.83. The van der Waals surface area contributed by atoms with Crippen molar-refractivity contribution in [2.75, 3.05) is 30.9 Å². The van der Waals surface area contributed by atoms with Crippen molar-refractivity contribution in [1.82, 2.24) is 10.3 Å². The molecule has 0 bridgehead atoms. The number of hydrogen-bond acceptors (Lipinski definition) is 3. The van der Waals surface area contributed by atoms with Crippen molar-refractivity contribution in [1.29, 1.82) is 0 Å². The molecule has 1 aromatic heterocycles. The zero-order chi connectivity index (χ0) is 13.8. The summed E-state index contributed by atoms with van der Waals surface area (Å²) >= 11 is 0. The summed E-state index contributed by atoms with van der Waals surface area (Å²) in [6.45, 7) is -1.38. The highest BCUT2D eigenvalue weighted by Gasteiger charge is 2.27. The van der Waals surface area contributed by atoms with E-state index < -0.39 is 18.8 Å². The van der Waals surface area contributed by atoms with Gasteiger partial charge in [0.25, 0.3) is 0 Å². The molecule has 2 N–H and O–H groups in total. The summed E-state index contributed by atoms with van der Waals surface area (Å²) in [5.41, 5.74) is 0.816. The van der Waals surface area contributed by atoms with E-state index in [2.05, 4.69) is 10.3 Å². The summed E-state index contributed by atoms with van der Waals surface area (Å²) in [5.74, 6) is 0.181. The molecular formula is C10H13F3N4O. The van der Waals surface area contributed by atoms with Gasteiger partial charge in [0, 0.05) is 14.1 Å². The van der Waals surface area contributed by atoms with Crippen molar-refractivity contribution in [2.24, 2.45) is 0 Å². The smallest absolute Gasteiger partial charge is 0.376 e. The fourth-order valence-corrected chi connectivity index (χ4v) is 1.07. The number of hydrogen-bond donors (Lipinski definition) is 2. The van der Waals surface area contributed by atoms with Crippen LogP contribution in [0.5, 0.6) is 0 Å². The Hall–Kier alpha value is -1.99. The SMILES string of the molecule is CN(C)c1ccc(NC(=O)NCC(F)(F)F)nc1. The molecule has 0 radical (unpaired) electrons. The van der Waals surface area contributed by atoms with Crippen LogP contribution >= 0.6 is 0 Å². The van der Waals surface area contributed by atoms with Gasteiger partial charge in [-0.3, -0.25) is 5.32 Å². The van der Waals surface area contributed by atoms with Crippen LogP contribution in [-0.2, 0) is 0 Å². The Balaban J connectivity index is 2.50. The zero-order valence-corrected chi connectivity index (χ0v) is 9.88. The minimum Gasteiger partial charge on any atom is -0.376 e. The van der Waals surface area contributed by atoms with Crippen LogP contribution in [0.4, 0.5) is 29.5 Å². The van der Waals surface area contributed by atoms with Gasteiger partial charge in [0.05, 0.1) is 11.9 Å². The van der Waals surface area contributed by atoms with Crippen LogP contribution < -0.4 is 15.5 Å². The van der Waals surface area contributed by atoms with Crippen molar-refractivity contribution in [3.05, 3.63) is 18.3 Å². The highest BCUT2D eigenvalue weighted by atomic mass is 19.4. The number of halogens is 3. The molecule has 5 nitrogen and oxygen atoms in total. The number of nitrogens with zero attached hydrogens (tertiary/aromatic N) is 2. The van der Waals surface area contributed by atoms with E-state index in [1.165, 1.54) is 12.3 Å². The number of carbonyl (C=O) groups is 1. The molecule has 2 amide bonds. The topological polar surface area (TPSA) is 57.3 Å². The molecule has 0 aliphatic heterocycles. The lowest BCUT2D eigenvalue weighted by atomic mass is 10.4. The van der Waals surface area contributed by atoms with Gasteiger partial charge in [-0.15, -0.1) is 0 Å². The third-order valence-corrected chi connectivity index (χ3v) is 1.96. The fourth-order valence-electron chi connectivity index (χ4n) is 1.07. The molecule has 0 aliphatic rings. The third-order valence-electron chi connectivity index (χ3n) is 1.96. The van der Waals surface area contributed by atoms with Crippen LogP contribution in [0.2, 0.25) is 0 Å². The molecule has 8 heteroatoms. The molecule has 0 saturated carbocycles. The summed E-state index contributed by atoms with van der Waals surface area (Å²) in [7, 11) is 3.64. The lowest BCUT2D eigenvalue weighted by Crippen LogP contribution is -2.36. The lowest BCUT2D eigenvalue weighted by Gasteiger charge is -2.12. The Bertz CT molecular complexity index is 403. The standard InChI is InChI=1S/C10H13F3N4O/c1-17(2)7-3-4-8(14-5-7)16-9(18)15-6-10(11,12)13/h3-5H,6H2,1-2H3,(H2,14,15,16,18). The Morgan fingerprint density at radius 3 is 2.50 bits per heavy atom. The summed E-state index contributed by atoms with van der Waals surface area (Å²) < 4.78 is 35.5. The summed E-state index contributed by atoms with van der Waals surface area (Å²) in [5, 5.41) is 3.88. The van der Waals surface area contributed by atoms with Gasteiger partial charge >= 0.3 is 12.2 Å². The molecular weight excluding hydrogens is 249 g/mol. The molecule has 1 rings (SSSR count). The van der Waals surface area contributed by atoms with Crippen LogP contribution in [-0.4, -0.2) is 37.8 Å². The fraction of sp³-hybridized carbons (Fsp3) is 0.400. The largest absolute Gasteiger partial charge is 0.405 e. The molecule has 0 aromatic carbocycles. The minimum atomic E-state index is -4.43. The summed E-state index contributed by atoms with van der Waals surface area (Å²) in [6, 6.07) is 2.24. The maximum absolute atomic E-state index is 11.8. The van der Waals surface area contributed by atoms with E-state index in [1.54, 1.807) is 16.3 Å². The van der Waals surface area contributed by atoms with Crippen molar-refractivity contribution in [3.8, 4) is 0 Å². The number of nitrogens with one attached hydrogen (secondary N) is 2. The number of anilines is 2. The molecule has 18 heavy (non-hydrogen) atoms. The van der Waals surface area contributed by atoms with Gasteiger partial charge in [-0.25, -0.2) is 9.78 Å². The third kappa shape index (κ3) is 4.89. The second-order valence-corrected chi connectivity index (χ2v) is 3.72. The van der Waals surface area contributed by atoms with Crippen LogP contribution in [0.1, 0.15) is 0 Å². The van der Waals surface area contributed by atoms with Crippen molar-refractivity contribution < 1.29 is 18.0 Å². The van der Waals surface area contributed by atoms with Gasteiger partial charge in [0.2, 0.25) is 0 Å². The van der Waals surface area contributed by atoms with E-state index in [4.69, 9.17) is 0 Å². The average molecular weight is 262 g/mol. The monoisotopic (exact) mass is 262 g/mol. The zero-order valence-electron chi connectivity index (χ0n) is 9.88. The minimum absolute atomic E-state index is 0.181. The normalized spacial score (nSPS) is 10.9. The highest BCUT2D eigenvalue weighted by molar-refractivity contribution is 5.88. The number of aromatic nitrogens is 1. The van der Waals surface area contributed by atoms with Gasteiger partial charge in [-0.05, 0) is 12.1 Å². The van der Waals surface area contributed by atoms with Crippen LogP contribution in [0.15, 0.2) is 18.3 Å². The van der Waals surface area contributed by atoms with E-state index in [9.17, 15) is 18.0 Å². The summed E-state index contributed by atoms with van der Waals surface area (Å²) in [4.78, 5) is 16.8. The first-order chi connectivity index (χ1) is 8.28. The van der Waals surface area contributed by atoms with E-state index >= 15 is 0 Å². The first kappa shape index (κ1) is 14.1. The van der Waals surface area contributed by atoms with E-state index in [0.29, 0.717) is 0 Å². The van der Waals surface area contributed by atoms with E-state index in [1.807, 2.05) is 14.1 Å². The first-order valence-corrected chi connectivity index (χ1v) is 5.03. The second kappa shape index (κ2) is 5.56. The lowest BCUT2D eigenvalue weighted by molar-refractivity contribution is -0.122. The average Bonchev–Trinajstić information content (AvgIpc) is 2.26. The Morgan fingerprint density at radius 1 is 1.39 bits per heavy atom. The number of urea groups is 1. The first-order valence-electron chi connectivity index (χ1n) is 5.03. The van der Waals surface area contributed by atoms with Gasteiger partial charge in [-0.2, -0.15) is 13.2 Å². The Labute approximate surface area is 102 Å². The maximum Gasteiger partial charge on any atom is 0.405 e. The molecule has 0 atom stereocenters. The number of amides is 2. The molecule has 1 heterocycles.